The predicted octanol–water partition coefficient (Wildman–Crippen LogP) is 4.91. The predicted molar refractivity (Wildman–Crippen MR) is 99.8 cm³/mol. The SMILES string of the molecule is Cc1cc(Oc2c(Cl)ccc([C@@H](N)C3CCOCC3)c2F)ccc1[N+](=O)[O-]. The summed E-state index contributed by atoms with van der Waals surface area (Å²) in [6.45, 7) is 2.80. The van der Waals surface area contributed by atoms with Crippen LogP contribution < -0.4 is 10.5 Å². The Balaban J connectivity index is 1.89. The van der Waals surface area contributed by atoms with Crippen LogP contribution >= 0.6 is 11.6 Å². The number of nitro benzene ring substituents is 1. The molecule has 144 valence electrons. The number of hydrogen-bond donors (Lipinski definition) is 1. The lowest BCUT2D eigenvalue weighted by Gasteiger charge is -2.28. The normalized spacial score (nSPS) is 16.1. The van der Waals surface area contributed by atoms with Gasteiger partial charge in [-0.3, -0.25) is 10.1 Å². The summed E-state index contributed by atoms with van der Waals surface area (Å²) in [7, 11) is 0. The Bertz CT molecular complexity index is 856. The summed E-state index contributed by atoms with van der Waals surface area (Å²) >= 11 is 6.13. The number of nitro groups is 1. The van der Waals surface area contributed by atoms with E-state index in [0.717, 1.165) is 12.8 Å². The fraction of sp³-hybridized carbons (Fsp3) is 0.368. The molecule has 1 aliphatic rings. The monoisotopic (exact) mass is 394 g/mol. The minimum Gasteiger partial charge on any atom is -0.453 e. The average Bonchev–Trinajstić information content (AvgIpc) is 2.65. The third-order valence-corrected chi connectivity index (χ3v) is 5.09. The Hall–Kier alpha value is -2.22. The third-order valence-electron chi connectivity index (χ3n) is 4.80. The molecule has 27 heavy (non-hydrogen) atoms. The molecule has 0 amide bonds. The molecule has 1 heterocycles. The summed E-state index contributed by atoms with van der Waals surface area (Å²) in [5.74, 6) is -0.373. The minimum atomic E-state index is -0.613. The molecule has 0 aliphatic carbocycles. The number of nitrogens with two attached hydrogens (primary N) is 1. The Labute approximate surface area is 161 Å². The number of ether oxygens (including phenoxy) is 2. The number of rotatable bonds is 5. The van der Waals surface area contributed by atoms with Gasteiger partial charge in [0, 0.05) is 36.4 Å². The van der Waals surface area contributed by atoms with E-state index < -0.39 is 16.8 Å². The van der Waals surface area contributed by atoms with Crippen LogP contribution in [0.15, 0.2) is 30.3 Å². The van der Waals surface area contributed by atoms with Gasteiger partial charge in [-0.2, -0.15) is 0 Å². The Kier molecular flexibility index (Phi) is 5.94. The molecule has 1 fully saturated rings. The average molecular weight is 395 g/mol. The summed E-state index contributed by atoms with van der Waals surface area (Å²) in [5, 5.41) is 11.0. The number of halogens is 2. The van der Waals surface area contributed by atoms with Crippen LogP contribution in [0.3, 0.4) is 0 Å². The van der Waals surface area contributed by atoms with Gasteiger partial charge in [-0.1, -0.05) is 17.7 Å². The first-order valence-corrected chi connectivity index (χ1v) is 9.00. The van der Waals surface area contributed by atoms with Crippen molar-refractivity contribution in [3.05, 3.63) is 62.4 Å². The van der Waals surface area contributed by atoms with Crippen LogP contribution in [0.5, 0.6) is 11.5 Å². The van der Waals surface area contributed by atoms with Crippen LogP contribution in [0.2, 0.25) is 5.02 Å². The first-order valence-electron chi connectivity index (χ1n) is 8.62. The van der Waals surface area contributed by atoms with E-state index >= 15 is 4.39 Å². The number of aryl methyl sites for hydroxylation is 1. The van der Waals surface area contributed by atoms with Crippen molar-refractivity contribution in [2.75, 3.05) is 13.2 Å². The van der Waals surface area contributed by atoms with Crippen LogP contribution in [0, 0.1) is 28.8 Å². The van der Waals surface area contributed by atoms with Gasteiger partial charge in [0.15, 0.2) is 11.6 Å². The highest BCUT2D eigenvalue weighted by molar-refractivity contribution is 6.32. The molecule has 1 aliphatic heterocycles. The van der Waals surface area contributed by atoms with Gasteiger partial charge < -0.3 is 15.2 Å². The Morgan fingerprint density at radius 2 is 2.04 bits per heavy atom. The first kappa shape index (κ1) is 19.5. The molecule has 0 aromatic heterocycles. The molecule has 2 N–H and O–H groups in total. The van der Waals surface area contributed by atoms with Crippen molar-refractivity contribution >= 4 is 17.3 Å². The van der Waals surface area contributed by atoms with Gasteiger partial charge in [-0.15, -0.1) is 0 Å². The molecule has 0 bridgehead atoms. The molecule has 1 saturated heterocycles. The van der Waals surface area contributed by atoms with Crippen molar-refractivity contribution in [1.82, 2.24) is 0 Å². The van der Waals surface area contributed by atoms with E-state index in [1.165, 1.54) is 18.2 Å². The van der Waals surface area contributed by atoms with Gasteiger partial charge >= 0.3 is 0 Å². The highest BCUT2D eigenvalue weighted by Crippen LogP contribution is 2.39. The standard InChI is InChI=1S/C19H20ClFN2O4/c1-11-10-13(2-5-16(11)23(24)25)27-19-15(20)4-3-14(17(19)21)18(22)12-6-8-26-9-7-12/h2-5,10,12,18H,6-9,22H2,1H3/t18-/m0/s1. The highest BCUT2D eigenvalue weighted by Gasteiger charge is 2.27. The minimum absolute atomic E-state index is 0.0378. The smallest absolute Gasteiger partial charge is 0.272 e. The molecule has 8 heteroatoms. The Morgan fingerprint density at radius 3 is 2.67 bits per heavy atom. The molecule has 0 unspecified atom stereocenters. The van der Waals surface area contributed by atoms with Gasteiger partial charge in [0.05, 0.1) is 9.95 Å². The molecule has 1 atom stereocenters. The van der Waals surface area contributed by atoms with E-state index in [-0.39, 0.29) is 28.1 Å². The lowest BCUT2D eigenvalue weighted by atomic mass is 9.87. The molecule has 0 spiro atoms. The quantitative estimate of drug-likeness (QED) is 0.574. The van der Waals surface area contributed by atoms with Crippen LogP contribution in [0.25, 0.3) is 0 Å². The maximum absolute atomic E-state index is 15.1. The lowest BCUT2D eigenvalue weighted by Crippen LogP contribution is -2.28. The van der Waals surface area contributed by atoms with Crippen LogP contribution in [-0.2, 0) is 4.74 Å². The van der Waals surface area contributed by atoms with Gasteiger partial charge in [0.1, 0.15) is 5.75 Å². The third kappa shape index (κ3) is 4.21. The topological polar surface area (TPSA) is 87.6 Å². The zero-order valence-electron chi connectivity index (χ0n) is 14.8. The van der Waals surface area contributed by atoms with Crippen LogP contribution in [-0.4, -0.2) is 18.1 Å². The van der Waals surface area contributed by atoms with E-state index in [9.17, 15) is 10.1 Å². The molecule has 6 nitrogen and oxygen atoms in total. The zero-order chi connectivity index (χ0) is 19.6. The van der Waals surface area contributed by atoms with Crippen molar-refractivity contribution in [2.24, 2.45) is 11.7 Å². The van der Waals surface area contributed by atoms with Gasteiger partial charge in [0.25, 0.3) is 5.69 Å². The van der Waals surface area contributed by atoms with Crippen molar-refractivity contribution in [3.8, 4) is 11.5 Å². The number of benzene rings is 2. The summed E-state index contributed by atoms with van der Waals surface area (Å²) in [6.07, 6.45) is 1.53. The highest BCUT2D eigenvalue weighted by atomic mass is 35.5. The van der Waals surface area contributed by atoms with Crippen LogP contribution in [0.1, 0.15) is 30.0 Å². The second kappa shape index (κ2) is 8.21. The Morgan fingerprint density at radius 1 is 1.33 bits per heavy atom. The second-order valence-electron chi connectivity index (χ2n) is 6.56. The number of nitrogens with zero attached hydrogens (tertiary/aromatic N) is 1. The second-order valence-corrected chi connectivity index (χ2v) is 6.97. The maximum atomic E-state index is 15.1. The van der Waals surface area contributed by atoms with Gasteiger partial charge in [0.2, 0.25) is 0 Å². The molecule has 2 aromatic rings. The summed E-state index contributed by atoms with van der Waals surface area (Å²) in [5.41, 5.74) is 6.99. The van der Waals surface area contributed by atoms with Crippen molar-refractivity contribution < 1.29 is 18.8 Å². The molecular weight excluding hydrogens is 375 g/mol. The summed E-state index contributed by atoms with van der Waals surface area (Å²) in [4.78, 5) is 10.4. The van der Waals surface area contributed by atoms with E-state index in [4.69, 9.17) is 26.8 Å². The first-order chi connectivity index (χ1) is 12.9. The fourth-order valence-electron chi connectivity index (χ4n) is 3.24. The molecular formula is C19H20ClFN2O4. The number of hydrogen-bond acceptors (Lipinski definition) is 5. The zero-order valence-corrected chi connectivity index (χ0v) is 15.5. The van der Waals surface area contributed by atoms with E-state index in [2.05, 4.69) is 0 Å². The molecule has 0 radical (unpaired) electrons. The fourth-order valence-corrected chi connectivity index (χ4v) is 3.43. The molecule has 0 saturated carbocycles. The van der Waals surface area contributed by atoms with E-state index in [0.29, 0.717) is 24.3 Å². The summed E-state index contributed by atoms with van der Waals surface area (Å²) < 4.78 is 26.1. The largest absolute Gasteiger partial charge is 0.453 e. The van der Waals surface area contributed by atoms with Crippen molar-refractivity contribution in [1.29, 1.82) is 0 Å². The maximum Gasteiger partial charge on any atom is 0.272 e. The molecule has 2 aromatic carbocycles. The van der Waals surface area contributed by atoms with E-state index in [1.54, 1.807) is 19.1 Å². The van der Waals surface area contributed by atoms with Crippen molar-refractivity contribution in [3.63, 3.8) is 0 Å². The van der Waals surface area contributed by atoms with Gasteiger partial charge in [-0.25, -0.2) is 4.39 Å². The summed E-state index contributed by atoms with van der Waals surface area (Å²) in [6, 6.07) is 6.82. The van der Waals surface area contributed by atoms with Crippen molar-refractivity contribution in [2.45, 2.75) is 25.8 Å². The van der Waals surface area contributed by atoms with E-state index in [1.807, 2.05) is 0 Å². The lowest BCUT2D eigenvalue weighted by molar-refractivity contribution is -0.385. The molecule has 3 rings (SSSR count). The van der Waals surface area contributed by atoms with Gasteiger partial charge in [-0.05, 0) is 43.9 Å². The van der Waals surface area contributed by atoms with Crippen LogP contribution in [0.4, 0.5) is 10.1 Å².